The zero-order chi connectivity index (χ0) is 15.4. The summed E-state index contributed by atoms with van der Waals surface area (Å²) in [6.45, 7) is 2.27. The number of H-pyrrole nitrogens is 1. The monoisotopic (exact) mass is 299 g/mol. The van der Waals surface area contributed by atoms with Crippen LogP contribution in [0.3, 0.4) is 0 Å². The molecule has 0 saturated heterocycles. The minimum absolute atomic E-state index is 0.280. The Balaban J connectivity index is 1.67. The van der Waals surface area contributed by atoms with Crippen LogP contribution in [0.1, 0.15) is 75.3 Å². The summed E-state index contributed by atoms with van der Waals surface area (Å²) in [5.74, 6) is 0.565. The number of unbranched alkanes of at least 4 members (excludes halogenated alkanes) is 5. The lowest BCUT2D eigenvalue weighted by Gasteiger charge is -2.18. The quantitative estimate of drug-likeness (QED) is 0.745. The summed E-state index contributed by atoms with van der Waals surface area (Å²) in [7, 11) is 0. The van der Waals surface area contributed by atoms with Crippen molar-refractivity contribution in [1.29, 1.82) is 0 Å². The molecule has 2 N–H and O–H groups in total. The molecule has 2 aliphatic rings. The van der Waals surface area contributed by atoms with Gasteiger partial charge in [0.25, 0.3) is 0 Å². The molecule has 1 aromatic heterocycles. The number of rotatable bonds is 7. The second kappa shape index (κ2) is 7.32. The maximum atomic E-state index is 9.83. The van der Waals surface area contributed by atoms with Gasteiger partial charge in [-0.1, -0.05) is 57.6 Å². The van der Waals surface area contributed by atoms with Gasteiger partial charge in [0.1, 0.15) is 0 Å². The molecule has 0 aliphatic heterocycles. The van der Waals surface area contributed by atoms with Crippen LogP contribution in [-0.2, 0) is 6.42 Å². The predicted molar refractivity (Wildman–Crippen MR) is 93.2 cm³/mol. The number of hydrogen-bond acceptors (Lipinski definition) is 1. The molecule has 2 nitrogen and oxygen atoms in total. The Morgan fingerprint density at radius 2 is 1.95 bits per heavy atom. The van der Waals surface area contributed by atoms with Gasteiger partial charge in [0, 0.05) is 16.6 Å². The van der Waals surface area contributed by atoms with Gasteiger partial charge in [0.2, 0.25) is 0 Å². The number of hydrogen-bond donors (Lipinski definition) is 2. The maximum absolute atomic E-state index is 9.83. The molecule has 0 amide bonds. The lowest BCUT2D eigenvalue weighted by Crippen LogP contribution is -2.22. The average Bonchev–Trinajstić information content (AvgIpc) is 2.88. The second-order valence-electron chi connectivity index (χ2n) is 6.83. The highest BCUT2D eigenvalue weighted by Gasteiger charge is 2.22. The molecule has 1 heterocycles. The molecule has 3 rings (SSSR count). The molecule has 0 aromatic carbocycles. The lowest BCUT2D eigenvalue weighted by atomic mass is 9.86. The van der Waals surface area contributed by atoms with Crippen molar-refractivity contribution < 1.29 is 5.11 Å². The fraction of sp³-hybridized carbons (Fsp3) is 0.600. The highest BCUT2D eigenvalue weighted by Crippen LogP contribution is 2.27. The van der Waals surface area contributed by atoms with E-state index in [1.165, 1.54) is 61.4 Å². The third-order valence-electron chi connectivity index (χ3n) is 5.10. The molecule has 2 heteroatoms. The minimum Gasteiger partial charge on any atom is -0.389 e. The molecule has 1 aromatic rings. The molecule has 0 saturated carbocycles. The summed E-state index contributed by atoms with van der Waals surface area (Å²) in [4.78, 5) is 3.51. The molecular weight excluding hydrogens is 270 g/mol. The first-order chi connectivity index (χ1) is 10.8. The highest BCUT2D eigenvalue weighted by molar-refractivity contribution is 5.50. The molecule has 120 valence electrons. The zero-order valence-electron chi connectivity index (χ0n) is 13.8. The van der Waals surface area contributed by atoms with Gasteiger partial charge in [0.15, 0.2) is 0 Å². The smallest absolute Gasteiger partial charge is 0.0747 e. The van der Waals surface area contributed by atoms with Crippen LogP contribution in [0.25, 0.3) is 12.2 Å². The number of nitrogens with one attached hydrogen (secondary N) is 1. The summed E-state index contributed by atoms with van der Waals surface area (Å²) in [5.41, 5.74) is 2.96. The van der Waals surface area contributed by atoms with E-state index in [1.807, 2.05) is 6.08 Å². The van der Waals surface area contributed by atoms with Crippen LogP contribution < -0.4 is 10.7 Å². The molecule has 2 unspecified atom stereocenters. The highest BCUT2D eigenvalue weighted by atomic mass is 16.3. The van der Waals surface area contributed by atoms with Crippen LogP contribution in [0.5, 0.6) is 0 Å². The topological polar surface area (TPSA) is 36.0 Å². The van der Waals surface area contributed by atoms with Gasteiger partial charge in [-0.3, -0.25) is 0 Å². The standard InChI is InChI=1S/C20H29NO/c1-2-3-4-5-6-7-9-15-10-8-11-18-20(15)17-13-12-16(22)14-19(17)21-18/h8,10-11,14-16,21-22H,2-7,9,12-13H2,1H3. The van der Waals surface area contributed by atoms with Gasteiger partial charge in [0.05, 0.1) is 6.10 Å². The summed E-state index contributed by atoms with van der Waals surface area (Å²) in [6, 6.07) is 0. The lowest BCUT2D eigenvalue weighted by molar-refractivity contribution is 0.224. The Labute approximate surface area is 133 Å². The van der Waals surface area contributed by atoms with Crippen LogP contribution in [0.4, 0.5) is 0 Å². The summed E-state index contributed by atoms with van der Waals surface area (Å²) < 4.78 is 0. The van der Waals surface area contributed by atoms with Crippen molar-refractivity contribution in [3.05, 3.63) is 34.0 Å². The normalized spacial score (nSPS) is 22.6. The van der Waals surface area contributed by atoms with Crippen LogP contribution in [0.2, 0.25) is 0 Å². The molecule has 0 bridgehead atoms. The number of aliphatic hydroxyl groups excluding tert-OH is 1. The number of fused-ring (bicyclic) bond motifs is 3. The van der Waals surface area contributed by atoms with E-state index in [2.05, 4.69) is 30.1 Å². The third-order valence-corrected chi connectivity index (χ3v) is 5.10. The Bertz CT molecular complexity index is 637. The number of allylic oxidation sites excluding steroid dienone is 2. The molecular formula is C20H29NO. The largest absolute Gasteiger partial charge is 0.389 e. The van der Waals surface area contributed by atoms with E-state index in [0.717, 1.165) is 18.2 Å². The first-order valence-corrected chi connectivity index (χ1v) is 9.08. The first kappa shape index (κ1) is 15.6. The van der Waals surface area contributed by atoms with Gasteiger partial charge in [-0.05, 0) is 42.5 Å². The van der Waals surface area contributed by atoms with E-state index in [4.69, 9.17) is 0 Å². The van der Waals surface area contributed by atoms with Crippen LogP contribution >= 0.6 is 0 Å². The maximum Gasteiger partial charge on any atom is 0.0747 e. The molecule has 0 radical (unpaired) electrons. The van der Waals surface area contributed by atoms with Crippen molar-refractivity contribution in [2.75, 3.05) is 0 Å². The van der Waals surface area contributed by atoms with E-state index in [-0.39, 0.29) is 6.10 Å². The molecule has 0 fully saturated rings. The molecule has 2 atom stereocenters. The summed E-state index contributed by atoms with van der Waals surface area (Å²) in [5, 5.41) is 12.3. The Morgan fingerprint density at radius 1 is 1.14 bits per heavy atom. The first-order valence-electron chi connectivity index (χ1n) is 9.08. The molecule has 22 heavy (non-hydrogen) atoms. The van der Waals surface area contributed by atoms with E-state index in [0.29, 0.717) is 5.92 Å². The number of aromatic amines is 1. The minimum atomic E-state index is -0.280. The van der Waals surface area contributed by atoms with Gasteiger partial charge in [-0.25, -0.2) is 0 Å². The van der Waals surface area contributed by atoms with Crippen LogP contribution in [0, 0.1) is 0 Å². The summed E-state index contributed by atoms with van der Waals surface area (Å²) >= 11 is 0. The SMILES string of the molecule is CCCCCCCCC1C=CC=c2[nH]c3c(c21)CCC(O)C=3. The van der Waals surface area contributed by atoms with Crippen molar-refractivity contribution >= 4 is 12.2 Å². The van der Waals surface area contributed by atoms with Gasteiger partial charge in [-0.15, -0.1) is 0 Å². The van der Waals surface area contributed by atoms with E-state index >= 15 is 0 Å². The van der Waals surface area contributed by atoms with Gasteiger partial charge in [-0.2, -0.15) is 0 Å². The number of aromatic nitrogens is 1. The Morgan fingerprint density at radius 3 is 2.82 bits per heavy atom. The van der Waals surface area contributed by atoms with Crippen LogP contribution in [0.15, 0.2) is 12.2 Å². The second-order valence-corrected chi connectivity index (χ2v) is 6.83. The summed E-state index contributed by atoms with van der Waals surface area (Å²) in [6.07, 6.45) is 19.8. The predicted octanol–water partition coefficient (Wildman–Crippen LogP) is 3.29. The van der Waals surface area contributed by atoms with Crippen molar-refractivity contribution in [1.82, 2.24) is 4.98 Å². The fourth-order valence-corrected chi connectivity index (χ4v) is 3.90. The van der Waals surface area contributed by atoms with Gasteiger partial charge < -0.3 is 10.1 Å². The van der Waals surface area contributed by atoms with E-state index in [9.17, 15) is 5.11 Å². The molecule has 2 aliphatic carbocycles. The van der Waals surface area contributed by atoms with Crippen molar-refractivity contribution in [2.24, 2.45) is 0 Å². The van der Waals surface area contributed by atoms with Crippen molar-refractivity contribution in [2.45, 2.75) is 76.7 Å². The van der Waals surface area contributed by atoms with E-state index < -0.39 is 0 Å². The van der Waals surface area contributed by atoms with Gasteiger partial charge >= 0.3 is 0 Å². The Kier molecular flexibility index (Phi) is 5.20. The number of aliphatic hydroxyl groups is 1. The van der Waals surface area contributed by atoms with Crippen LogP contribution in [-0.4, -0.2) is 16.2 Å². The molecule has 0 spiro atoms. The third kappa shape index (κ3) is 3.38. The van der Waals surface area contributed by atoms with E-state index in [1.54, 1.807) is 0 Å². The van der Waals surface area contributed by atoms with Crippen molar-refractivity contribution in [3.8, 4) is 0 Å². The Hall–Kier alpha value is -1.28. The zero-order valence-corrected chi connectivity index (χ0v) is 13.8. The van der Waals surface area contributed by atoms with Crippen molar-refractivity contribution in [3.63, 3.8) is 0 Å². The fourth-order valence-electron chi connectivity index (χ4n) is 3.90. The average molecular weight is 299 g/mol.